The molecule has 2 aliphatic rings. The van der Waals surface area contributed by atoms with Gasteiger partial charge in [-0.15, -0.1) is 0 Å². The molecule has 23 heavy (non-hydrogen) atoms. The topological polar surface area (TPSA) is 49.4 Å². The molecule has 1 N–H and O–H groups in total. The van der Waals surface area contributed by atoms with Gasteiger partial charge in [0.2, 0.25) is 10.0 Å². The molecular weight excluding hydrogens is 308 g/mol. The summed E-state index contributed by atoms with van der Waals surface area (Å²) < 4.78 is 26.6. The van der Waals surface area contributed by atoms with Gasteiger partial charge in [0.25, 0.3) is 0 Å². The van der Waals surface area contributed by atoms with E-state index in [1.807, 2.05) is 12.1 Å². The number of nitrogens with zero attached hydrogens (tertiary/aromatic N) is 1. The molecule has 1 saturated heterocycles. The molecule has 3 rings (SSSR count). The highest BCUT2D eigenvalue weighted by molar-refractivity contribution is 7.89. The monoisotopic (exact) mass is 336 g/mol. The predicted molar refractivity (Wildman–Crippen MR) is 92.7 cm³/mol. The van der Waals surface area contributed by atoms with Gasteiger partial charge in [-0.1, -0.05) is 31.9 Å². The smallest absolute Gasteiger partial charge is 0.243 e. The molecule has 5 heteroatoms. The van der Waals surface area contributed by atoms with E-state index < -0.39 is 10.0 Å². The van der Waals surface area contributed by atoms with E-state index in [0.717, 1.165) is 30.9 Å². The Labute approximate surface area is 140 Å². The zero-order valence-corrected chi connectivity index (χ0v) is 14.8. The van der Waals surface area contributed by atoms with Crippen LogP contribution in [-0.4, -0.2) is 31.9 Å². The van der Waals surface area contributed by atoms with Crippen LogP contribution in [0.2, 0.25) is 0 Å². The third kappa shape index (κ3) is 4.14. The van der Waals surface area contributed by atoms with Crippen molar-refractivity contribution < 1.29 is 8.42 Å². The van der Waals surface area contributed by atoms with Crippen LogP contribution >= 0.6 is 0 Å². The Kier molecular flexibility index (Phi) is 5.39. The molecule has 2 atom stereocenters. The molecule has 4 nitrogen and oxygen atoms in total. The number of nitrogens with one attached hydrogen (secondary N) is 1. The van der Waals surface area contributed by atoms with E-state index in [9.17, 15) is 8.42 Å². The predicted octanol–water partition coefficient (Wildman–Crippen LogP) is 3.14. The van der Waals surface area contributed by atoms with Gasteiger partial charge >= 0.3 is 0 Å². The lowest BCUT2D eigenvalue weighted by Crippen LogP contribution is -2.33. The van der Waals surface area contributed by atoms with Gasteiger partial charge < -0.3 is 5.32 Å². The standard InChI is InChI=1S/C18H28N2O2S/c1-15-5-4-6-17(13-15)19-14-16-7-9-18(10-8-16)23(21,22)20-11-2-3-12-20/h7-10,15,17,19H,2-6,11-14H2,1H3. The van der Waals surface area contributed by atoms with Crippen LogP contribution in [0.4, 0.5) is 0 Å². The number of benzene rings is 1. The Morgan fingerprint density at radius 3 is 2.43 bits per heavy atom. The Hall–Kier alpha value is -0.910. The third-order valence-electron chi connectivity index (χ3n) is 5.16. The summed E-state index contributed by atoms with van der Waals surface area (Å²) in [5.41, 5.74) is 1.16. The first-order valence-electron chi connectivity index (χ1n) is 8.88. The van der Waals surface area contributed by atoms with Crippen molar-refractivity contribution in [2.24, 2.45) is 5.92 Å². The number of sulfonamides is 1. The van der Waals surface area contributed by atoms with Gasteiger partial charge in [0.05, 0.1) is 4.90 Å². The summed E-state index contributed by atoms with van der Waals surface area (Å²) in [6.07, 6.45) is 7.11. The molecule has 2 unspecified atom stereocenters. The van der Waals surface area contributed by atoms with Crippen molar-refractivity contribution in [1.29, 1.82) is 0 Å². The maximum atomic E-state index is 12.5. The maximum Gasteiger partial charge on any atom is 0.243 e. The first kappa shape index (κ1) is 16.9. The van der Waals surface area contributed by atoms with Gasteiger partial charge in [-0.3, -0.25) is 0 Å². The number of hydrogen-bond donors (Lipinski definition) is 1. The van der Waals surface area contributed by atoms with Gasteiger partial charge in [0.15, 0.2) is 0 Å². The Morgan fingerprint density at radius 1 is 1.09 bits per heavy atom. The third-order valence-corrected chi connectivity index (χ3v) is 7.07. The van der Waals surface area contributed by atoms with E-state index in [4.69, 9.17) is 0 Å². The van der Waals surface area contributed by atoms with E-state index >= 15 is 0 Å². The minimum Gasteiger partial charge on any atom is -0.310 e. The highest BCUT2D eigenvalue weighted by Gasteiger charge is 2.26. The molecule has 1 heterocycles. The van der Waals surface area contributed by atoms with Crippen LogP contribution in [-0.2, 0) is 16.6 Å². The Balaban J connectivity index is 1.58. The molecule has 0 radical (unpaired) electrons. The van der Waals surface area contributed by atoms with E-state index in [2.05, 4.69) is 12.2 Å². The summed E-state index contributed by atoms with van der Waals surface area (Å²) in [4.78, 5) is 0.425. The maximum absolute atomic E-state index is 12.5. The normalized spacial score (nSPS) is 26.5. The van der Waals surface area contributed by atoms with Crippen LogP contribution in [0.15, 0.2) is 29.2 Å². The van der Waals surface area contributed by atoms with Gasteiger partial charge in [-0.05, 0) is 49.3 Å². The van der Waals surface area contributed by atoms with E-state index in [1.165, 1.54) is 25.7 Å². The molecule has 1 aliphatic heterocycles. The molecule has 1 aliphatic carbocycles. The quantitative estimate of drug-likeness (QED) is 0.899. The summed E-state index contributed by atoms with van der Waals surface area (Å²) in [6, 6.07) is 8.01. The fourth-order valence-corrected chi connectivity index (χ4v) is 5.26. The average Bonchev–Trinajstić information content (AvgIpc) is 3.09. The molecular formula is C18H28N2O2S. The van der Waals surface area contributed by atoms with Crippen molar-refractivity contribution in [2.75, 3.05) is 13.1 Å². The fraction of sp³-hybridized carbons (Fsp3) is 0.667. The fourth-order valence-electron chi connectivity index (χ4n) is 3.74. The largest absolute Gasteiger partial charge is 0.310 e. The van der Waals surface area contributed by atoms with Crippen LogP contribution < -0.4 is 5.32 Å². The van der Waals surface area contributed by atoms with Gasteiger partial charge in [-0.2, -0.15) is 4.31 Å². The van der Waals surface area contributed by atoms with Crippen molar-refractivity contribution >= 4 is 10.0 Å². The molecule has 0 bridgehead atoms. The molecule has 0 spiro atoms. The lowest BCUT2D eigenvalue weighted by atomic mass is 9.87. The van der Waals surface area contributed by atoms with Crippen molar-refractivity contribution in [2.45, 2.75) is 62.9 Å². The highest BCUT2D eigenvalue weighted by Crippen LogP contribution is 2.24. The van der Waals surface area contributed by atoms with Crippen LogP contribution in [0.1, 0.15) is 51.0 Å². The number of hydrogen-bond acceptors (Lipinski definition) is 3. The zero-order valence-electron chi connectivity index (χ0n) is 14.0. The summed E-state index contributed by atoms with van der Waals surface area (Å²) in [5, 5.41) is 3.62. The number of rotatable bonds is 5. The molecule has 0 amide bonds. The van der Waals surface area contributed by atoms with Crippen molar-refractivity contribution in [3.8, 4) is 0 Å². The van der Waals surface area contributed by atoms with Crippen molar-refractivity contribution in [3.05, 3.63) is 29.8 Å². The van der Waals surface area contributed by atoms with E-state index in [-0.39, 0.29) is 0 Å². The first-order chi connectivity index (χ1) is 11.1. The molecule has 0 aromatic heterocycles. The van der Waals surface area contributed by atoms with Crippen LogP contribution in [0.5, 0.6) is 0 Å². The zero-order chi connectivity index (χ0) is 16.3. The van der Waals surface area contributed by atoms with Crippen molar-refractivity contribution in [1.82, 2.24) is 9.62 Å². The van der Waals surface area contributed by atoms with Crippen molar-refractivity contribution in [3.63, 3.8) is 0 Å². The van der Waals surface area contributed by atoms with Gasteiger partial charge in [0.1, 0.15) is 0 Å². The Morgan fingerprint density at radius 2 is 1.78 bits per heavy atom. The second-order valence-corrected chi connectivity index (χ2v) is 9.04. The summed E-state index contributed by atoms with van der Waals surface area (Å²) >= 11 is 0. The van der Waals surface area contributed by atoms with Gasteiger partial charge in [-0.25, -0.2) is 8.42 Å². The van der Waals surface area contributed by atoms with E-state index in [0.29, 0.717) is 24.0 Å². The molecule has 128 valence electrons. The summed E-state index contributed by atoms with van der Waals surface area (Å²) in [6.45, 7) is 4.46. The summed E-state index contributed by atoms with van der Waals surface area (Å²) in [7, 11) is -3.29. The van der Waals surface area contributed by atoms with Crippen LogP contribution in [0, 0.1) is 5.92 Å². The lowest BCUT2D eigenvalue weighted by Gasteiger charge is -2.27. The Bertz CT molecular complexity index is 606. The highest BCUT2D eigenvalue weighted by atomic mass is 32.2. The second-order valence-electron chi connectivity index (χ2n) is 7.10. The molecule has 1 aromatic carbocycles. The second kappa shape index (κ2) is 7.32. The summed E-state index contributed by atoms with van der Waals surface area (Å²) in [5.74, 6) is 0.814. The average molecular weight is 337 g/mol. The lowest BCUT2D eigenvalue weighted by molar-refractivity contribution is 0.300. The minimum absolute atomic E-state index is 0.425. The molecule has 1 saturated carbocycles. The van der Waals surface area contributed by atoms with Gasteiger partial charge in [0, 0.05) is 25.7 Å². The van der Waals surface area contributed by atoms with Crippen LogP contribution in [0.3, 0.4) is 0 Å². The minimum atomic E-state index is -3.29. The SMILES string of the molecule is CC1CCCC(NCc2ccc(S(=O)(=O)N3CCCC3)cc2)C1. The molecule has 2 fully saturated rings. The van der Waals surface area contributed by atoms with E-state index in [1.54, 1.807) is 16.4 Å². The first-order valence-corrected chi connectivity index (χ1v) is 10.3. The molecule has 1 aromatic rings. The van der Waals surface area contributed by atoms with Crippen LogP contribution in [0.25, 0.3) is 0 Å².